The monoisotopic (exact) mass is 140 g/mol. The van der Waals surface area contributed by atoms with Gasteiger partial charge in [-0.05, 0) is 6.92 Å². The molecule has 5 heteroatoms. The van der Waals surface area contributed by atoms with Crippen LogP contribution in [0.4, 0.5) is 5.82 Å². The molecule has 1 heterocycles. The Balaban J connectivity index is 3.33. The van der Waals surface area contributed by atoms with Crippen molar-refractivity contribution in [1.82, 2.24) is 9.89 Å². The Morgan fingerprint density at radius 1 is 1.70 bits per heavy atom. The second kappa shape index (κ2) is 2.02. The van der Waals surface area contributed by atoms with Crippen molar-refractivity contribution in [2.75, 3.05) is 11.6 Å². The van der Waals surface area contributed by atoms with Gasteiger partial charge in [-0.2, -0.15) is 9.89 Å². The van der Waals surface area contributed by atoms with Gasteiger partial charge in [0.05, 0.1) is 11.3 Å². The van der Waals surface area contributed by atoms with Crippen molar-refractivity contribution in [3.63, 3.8) is 0 Å². The van der Waals surface area contributed by atoms with E-state index >= 15 is 0 Å². The lowest BCUT2D eigenvalue weighted by Crippen LogP contribution is -2.13. The van der Waals surface area contributed by atoms with Crippen molar-refractivity contribution in [2.45, 2.75) is 6.92 Å². The van der Waals surface area contributed by atoms with Gasteiger partial charge < -0.3 is 11.6 Å². The molecule has 0 radical (unpaired) electrons. The zero-order chi connectivity index (χ0) is 7.72. The van der Waals surface area contributed by atoms with E-state index in [0.717, 1.165) is 4.79 Å². The number of hydrogen-bond donors (Lipinski definition) is 2. The van der Waals surface area contributed by atoms with Gasteiger partial charge in [-0.1, -0.05) is 0 Å². The minimum Gasteiger partial charge on any atom is -0.382 e. The summed E-state index contributed by atoms with van der Waals surface area (Å²) in [7, 11) is 0. The highest BCUT2D eigenvalue weighted by Crippen LogP contribution is 2.09. The molecule has 0 aromatic carbocycles. The number of rotatable bonds is 1. The number of aromatic nitrogens is 2. The minimum absolute atomic E-state index is 0.201. The molecule has 0 aliphatic carbocycles. The van der Waals surface area contributed by atoms with E-state index in [2.05, 4.69) is 5.10 Å². The summed E-state index contributed by atoms with van der Waals surface area (Å²) in [6, 6.07) is 0. The first-order valence-corrected chi connectivity index (χ1v) is 2.72. The van der Waals surface area contributed by atoms with Crippen LogP contribution in [0.2, 0.25) is 0 Å². The summed E-state index contributed by atoms with van der Waals surface area (Å²) in [5.41, 5.74) is 6.27. The average Bonchev–Trinajstić information content (AvgIpc) is 2.09. The number of aryl methyl sites for hydroxylation is 1. The quantitative estimate of drug-likeness (QED) is 0.399. The second-order valence-electron chi connectivity index (χ2n) is 1.95. The first-order valence-electron chi connectivity index (χ1n) is 2.72. The molecule has 0 aliphatic rings. The molecule has 54 valence electrons. The van der Waals surface area contributed by atoms with Gasteiger partial charge in [0.2, 0.25) is 0 Å². The second-order valence-corrected chi connectivity index (χ2v) is 1.95. The van der Waals surface area contributed by atoms with Gasteiger partial charge in [-0.3, -0.25) is 4.79 Å². The highest BCUT2D eigenvalue weighted by atomic mass is 16.1. The highest BCUT2D eigenvalue weighted by Gasteiger charge is 2.08. The Hall–Kier alpha value is -1.52. The van der Waals surface area contributed by atoms with Crippen LogP contribution in [0.25, 0.3) is 0 Å². The molecule has 10 heavy (non-hydrogen) atoms. The Bertz CT molecular complexity index is 265. The molecule has 0 atom stereocenters. The molecule has 0 fully saturated rings. The number of carbonyl (C=O) groups excluding carboxylic acids is 1. The van der Waals surface area contributed by atoms with Crippen LogP contribution in [0.5, 0.6) is 0 Å². The van der Waals surface area contributed by atoms with Gasteiger partial charge in [0.15, 0.2) is 12.1 Å². The largest absolute Gasteiger partial charge is 0.382 e. The summed E-state index contributed by atoms with van der Waals surface area (Å²) in [5, 5.41) is 3.72. The Morgan fingerprint density at radius 3 is 2.50 bits per heavy atom. The summed E-state index contributed by atoms with van der Waals surface area (Å²) in [6.45, 7) is 1.67. The van der Waals surface area contributed by atoms with Crippen molar-refractivity contribution in [3.05, 3.63) is 11.3 Å². The molecule has 0 amide bonds. The molecule has 0 saturated carbocycles. The number of nitrogen functional groups attached to an aromatic ring is 2. The van der Waals surface area contributed by atoms with Crippen molar-refractivity contribution in [2.24, 2.45) is 0 Å². The van der Waals surface area contributed by atoms with E-state index in [-0.39, 0.29) is 5.82 Å². The van der Waals surface area contributed by atoms with Gasteiger partial charge in [0, 0.05) is 0 Å². The van der Waals surface area contributed by atoms with Crippen molar-refractivity contribution in [1.29, 1.82) is 0 Å². The van der Waals surface area contributed by atoms with Gasteiger partial charge in [-0.25, -0.2) is 0 Å². The fraction of sp³-hybridized carbons (Fsp3) is 0.200. The number of nitrogens with two attached hydrogens (primary N) is 2. The predicted octanol–water partition coefficient (Wildman–Crippen LogP) is -0.700. The first kappa shape index (κ1) is 6.60. The normalized spacial score (nSPS) is 9.70. The number of hydrogen-bond acceptors (Lipinski definition) is 4. The lowest BCUT2D eigenvalue weighted by Gasteiger charge is -1.90. The lowest BCUT2D eigenvalue weighted by atomic mass is 10.3. The van der Waals surface area contributed by atoms with E-state index in [0.29, 0.717) is 17.5 Å². The Morgan fingerprint density at radius 2 is 2.30 bits per heavy atom. The van der Waals surface area contributed by atoms with Crippen LogP contribution in [0.15, 0.2) is 0 Å². The Labute approximate surface area is 57.6 Å². The highest BCUT2D eigenvalue weighted by molar-refractivity contribution is 5.83. The molecule has 1 aromatic heterocycles. The third-order valence-electron chi connectivity index (χ3n) is 1.29. The van der Waals surface area contributed by atoms with Crippen LogP contribution in [0.3, 0.4) is 0 Å². The maximum Gasteiger partial charge on any atom is 0.155 e. The summed E-state index contributed by atoms with van der Waals surface area (Å²) >= 11 is 0. The van der Waals surface area contributed by atoms with Gasteiger partial charge in [0.25, 0.3) is 0 Å². The molecule has 1 rings (SSSR count). The van der Waals surface area contributed by atoms with Crippen molar-refractivity contribution < 1.29 is 4.79 Å². The number of carbonyl (C=O) groups is 1. The van der Waals surface area contributed by atoms with Crippen LogP contribution >= 0.6 is 0 Å². The van der Waals surface area contributed by atoms with Gasteiger partial charge in [-0.15, -0.1) is 0 Å². The van der Waals surface area contributed by atoms with E-state index in [1.165, 1.54) is 0 Å². The molecule has 4 N–H and O–H groups in total. The zero-order valence-electron chi connectivity index (χ0n) is 5.53. The zero-order valence-corrected chi connectivity index (χ0v) is 5.53. The van der Waals surface area contributed by atoms with Crippen molar-refractivity contribution >= 4 is 12.1 Å². The molecule has 5 nitrogen and oxygen atoms in total. The lowest BCUT2D eigenvalue weighted by molar-refractivity contribution is 0.112. The molecular weight excluding hydrogens is 132 g/mol. The Kier molecular flexibility index (Phi) is 1.33. The smallest absolute Gasteiger partial charge is 0.155 e. The maximum atomic E-state index is 10.3. The maximum absolute atomic E-state index is 10.3. The summed E-state index contributed by atoms with van der Waals surface area (Å²) in [5.74, 6) is 5.44. The number of anilines is 1. The molecule has 0 saturated heterocycles. The van der Waals surface area contributed by atoms with E-state index < -0.39 is 0 Å². The third-order valence-corrected chi connectivity index (χ3v) is 1.29. The van der Waals surface area contributed by atoms with Crippen LogP contribution in [-0.4, -0.2) is 16.2 Å². The first-order chi connectivity index (χ1) is 4.66. The van der Waals surface area contributed by atoms with Crippen molar-refractivity contribution in [3.8, 4) is 0 Å². The number of aldehydes is 1. The molecule has 0 aliphatic heterocycles. The van der Waals surface area contributed by atoms with E-state index in [4.69, 9.17) is 11.6 Å². The average molecular weight is 140 g/mol. The molecule has 0 spiro atoms. The van der Waals surface area contributed by atoms with Crippen LogP contribution in [-0.2, 0) is 0 Å². The van der Waals surface area contributed by atoms with Gasteiger partial charge >= 0.3 is 0 Å². The SMILES string of the molecule is Cc1nn(N)c(N)c1C=O. The van der Waals surface area contributed by atoms with Gasteiger partial charge in [0.1, 0.15) is 0 Å². The molecule has 0 bridgehead atoms. The molecular formula is C5H8N4O. The van der Waals surface area contributed by atoms with Crippen LogP contribution in [0.1, 0.15) is 16.1 Å². The van der Waals surface area contributed by atoms with E-state index in [9.17, 15) is 4.79 Å². The summed E-state index contributed by atoms with van der Waals surface area (Å²) < 4.78 is 0. The van der Waals surface area contributed by atoms with Crippen LogP contribution in [0, 0.1) is 6.92 Å². The topological polar surface area (TPSA) is 86.9 Å². The van der Waals surface area contributed by atoms with E-state index in [1.807, 2.05) is 0 Å². The number of nitrogens with zero attached hydrogens (tertiary/aromatic N) is 2. The summed E-state index contributed by atoms with van der Waals surface area (Å²) in [6.07, 6.45) is 0.640. The molecule has 0 unspecified atom stereocenters. The minimum atomic E-state index is 0.201. The van der Waals surface area contributed by atoms with Crippen LogP contribution < -0.4 is 11.6 Å². The molecule has 1 aromatic rings. The fourth-order valence-corrected chi connectivity index (χ4v) is 0.724. The standard InChI is InChI=1S/C5H8N4O/c1-3-4(2-10)5(6)9(7)8-3/h2H,6-7H2,1H3. The summed E-state index contributed by atoms with van der Waals surface area (Å²) in [4.78, 5) is 11.3. The fourth-order valence-electron chi connectivity index (χ4n) is 0.724. The predicted molar refractivity (Wildman–Crippen MR) is 36.9 cm³/mol. The third kappa shape index (κ3) is 0.717. The van der Waals surface area contributed by atoms with E-state index in [1.54, 1.807) is 6.92 Å².